The molecule has 0 N–H and O–H groups in total. The predicted molar refractivity (Wildman–Crippen MR) is 82.5 cm³/mol. The fraction of sp³-hybridized carbons (Fsp3) is 0.588. The maximum Gasteiger partial charge on any atom is 0.416 e. The SMILES string of the molecule is CC(OC1CN(C(=O)OC(C)(C)C)C1)c1ccc(C(F)(F)F)cc1. The Bertz CT molecular complexity index is 572. The van der Waals surface area contributed by atoms with Crippen LogP contribution in [0.1, 0.15) is 44.9 Å². The first-order valence-corrected chi connectivity index (χ1v) is 7.76. The first-order valence-electron chi connectivity index (χ1n) is 7.76. The van der Waals surface area contributed by atoms with Gasteiger partial charge in [-0.05, 0) is 45.4 Å². The van der Waals surface area contributed by atoms with E-state index in [4.69, 9.17) is 9.47 Å². The van der Waals surface area contributed by atoms with Crippen molar-refractivity contribution >= 4 is 6.09 Å². The van der Waals surface area contributed by atoms with Crippen molar-refractivity contribution in [3.63, 3.8) is 0 Å². The number of carbonyl (C=O) groups excluding carboxylic acids is 1. The molecule has 0 spiro atoms. The molecule has 1 aliphatic heterocycles. The van der Waals surface area contributed by atoms with Crippen molar-refractivity contribution in [2.75, 3.05) is 13.1 Å². The lowest BCUT2D eigenvalue weighted by molar-refractivity contribution is -0.137. The Hall–Kier alpha value is -1.76. The molecule has 1 heterocycles. The van der Waals surface area contributed by atoms with Crippen LogP contribution in [0.15, 0.2) is 24.3 Å². The van der Waals surface area contributed by atoms with Crippen molar-refractivity contribution in [1.82, 2.24) is 4.90 Å². The highest BCUT2D eigenvalue weighted by Crippen LogP contribution is 2.31. The van der Waals surface area contributed by atoms with Gasteiger partial charge in [-0.2, -0.15) is 13.2 Å². The quantitative estimate of drug-likeness (QED) is 0.815. The molecule has 1 aliphatic rings. The fourth-order valence-electron chi connectivity index (χ4n) is 2.31. The molecule has 0 saturated carbocycles. The van der Waals surface area contributed by atoms with E-state index in [9.17, 15) is 18.0 Å². The van der Waals surface area contributed by atoms with Crippen LogP contribution in [-0.4, -0.2) is 35.8 Å². The summed E-state index contributed by atoms with van der Waals surface area (Å²) in [6, 6.07) is 4.92. The minimum absolute atomic E-state index is 0.144. The molecule has 1 amide bonds. The van der Waals surface area contributed by atoms with E-state index >= 15 is 0 Å². The second-order valence-corrected chi connectivity index (χ2v) is 6.91. The summed E-state index contributed by atoms with van der Waals surface area (Å²) in [6.45, 7) is 8.00. The molecule has 0 aliphatic carbocycles. The molecule has 1 atom stereocenters. The third-order valence-corrected chi connectivity index (χ3v) is 3.60. The molecule has 134 valence electrons. The Labute approximate surface area is 139 Å². The van der Waals surface area contributed by atoms with E-state index in [1.165, 1.54) is 17.0 Å². The standard InChI is InChI=1S/C17H22F3NO3/c1-11(12-5-7-13(8-6-12)17(18,19)20)23-14-9-21(10-14)15(22)24-16(2,3)4/h5-8,11,14H,9-10H2,1-4H3. The lowest BCUT2D eigenvalue weighted by Crippen LogP contribution is -2.56. The molecule has 0 radical (unpaired) electrons. The van der Waals surface area contributed by atoms with Crippen LogP contribution in [0.25, 0.3) is 0 Å². The van der Waals surface area contributed by atoms with Crippen LogP contribution in [0.4, 0.5) is 18.0 Å². The number of nitrogens with zero attached hydrogens (tertiary/aromatic N) is 1. The number of likely N-dealkylation sites (tertiary alicyclic amines) is 1. The van der Waals surface area contributed by atoms with E-state index in [1.54, 1.807) is 27.7 Å². The molecule has 0 bridgehead atoms. The number of amides is 1. The Morgan fingerprint density at radius 1 is 1.17 bits per heavy atom. The normalized spacial score (nSPS) is 17.4. The van der Waals surface area contributed by atoms with Crippen molar-refractivity contribution in [2.45, 2.75) is 51.7 Å². The van der Waals surface area contributed by atoms with Crippen LogP contribution in [0.5, 0.6) is 0 Å². The predicted octanol–water partition coefficient (Wildman–Crippen LogP) is 4.40. The van der Waals surface area contributed by atoms with Crippen molar-refractivity contribution in [1.29, 1.82) is 0 Å². The Balaban J connectivity index is 1.82. The molecule has 1 saturated heterocycles. The minimum atomic E-state index is -4.34. The smallest absolute Gasteiger partial charge is 0.416 e. The lowest BCUT2D eigenvalue weighted by Gasteiger charge is -2.40. The number of hydrogen-bond donors (Lipinski definition) is 0. The number of hydrogen-bond acceptors (Lipinski definition) is 3. The zero-order valence-corrected chi connectivity index (χ0v) is 14.2. The fourth-order valence-corrected chi connectivity index (χ4v) is 2.31. The van der Waals surface area contributed by atoms with Gasteiger partial charge in [0.15, 0.2) is 0 Å². The Kier molecular flexibility index (Phi) is 5.13. The lowest BCUT2D eigenvalue weighted by atomic mass is 10.1. The molecule has 1 fully saturated rings. The number of carbonyl (C=O) groups is 1. The first-order chi connectivity index (χ1) is 11.0. The van der Waals surface area contributed by atoms with E-state index in [2.05, 4.69) is 0 Å². The van der Waals surface area contributed by atoms with Gasteiger partial charge in [0.25, 0.3) is 0 Å². The van der Waals surface area contributed by atoms with Gasteiger partial charge in [0.05, 0.1) is 30.9 Å². The molecule has 7 heteroatoms. The van der Waals surface area contributed by atoms with E-state index in [1.807, 2.05) is 0 Å². The van der Waals surface area contributed by atoms with E-state index in [0.717, 1.165) is 12.1 Å². The van der Waals surface area contributed by atoms with Crippen LogP contribution in [-0.2, 0) is 15.7 Å². The van der Waals surface area contributed by atoms with Crippen LogP contribution in [0.2, 0.25) is 0 Å². The Morgan fingerprint density at radius 3 is 2.17 bits per heavy atom. The molecule has 24 heavy (non-hydrogen) atoms. The summed E-state index contributed by atoms with van der Waals surface area (Å²) < 4.78 is 48.7. The topological polar surface area (TPSA) is 38.8 Å². The monoisotopic (exact) mass is 345 g/mol. The van der Waals surface area contributed by atoms with Gasteiger partial charge in [-0.3, -0.25) is 0 Å². The molecule has 0 aromatic heterocycles. The van der Waals surface area contributed by atoms with Gasteiger partial charge in [0.2, 0.25) is 0 Å². The summed E-state index contributed by atoms with van der Waals surface area (Å²) in [4.78, 5) is 13.4. The zero-order chi connectivity index (χ0) is 18.1. The molecule has 1 aromatic carbocycles. The van der Waals surface area contributed by atoms with Crippen LogP contribution in [0, 0.1) is 0 Å². The number of ether oxygens (including phenoxy) is 2. The summed E-state index contributed by atoms with van der Waals surface area (Å²) in [5.74, 6) is 0. The molecule has 2 rings (SSSR count). The third-order valence-electron chi connectivity index (χ3n) is 3.60. The van der Waals surface area contributed by atoms with Gasteiger partial charge in [-0.15, -0.1) is 0 Å². The van der Waals surface area contributed by atoms with E-state index < -0.39 is 17.3 Å². The summed E-state index contributed by atoms with van der Waals surface area (Å²) in [5, 5.41) is 0. The van der Waals surface area contributed by atoms with Crippen molar-refractivity contribution < 1.29 is 27.4 Å². The van der Waals surface area contributed by atoms with Crippen molar-refractivity contribution in [3.8, 4) is 0 Å². The van der Waals surface area contributed by atoms with Crippen molar-refractivity contribution in [2.24, 2.45) is 0 Å². The second-order valence-electron chi connectivity index (χ2n) is 6.91. The summed E-state index contributed by atoms with van der Waals surface area (Å²) in [7, 11) is 0. The zero-order valence-electron chi connectivity index (χ0n) is 14.2. The molecule has 1 aromatic rings. The number of halogens is 3. The van der Waals surface area contributed by atoms with Gasteiger partial charge in [-0.25, -0.2) is 4.79 Å². The average molecular weight is 345 g/mol. The molecular formula is C17H22F3NO3. The van der Waals surface area contributed by atoms with E-state index in [-0.39, 0.29) is 18.3 Å². The highest BCUT2D eigenvalue weighted by atomic mass is 19.4. The highest BCUT2D eigenvalue weighted by Gasteiger charge is 2.35. The maximum absolute atomic E-state index is 12.6. The second kappa shape index (κ2) is 6.63. The van der Waals surface area contributed by atoms with Gasteiger partial charge < -0.3 is 14.4 Å². The summed E-state index contributed by atoms with van der Waals surface area (Å²) in [5.41, 5.74) is -0.562. The number of alkyl halides is 3. The molecule has 1 unspecified atom stereocenters. The highest BCUT2D eigenvalue weighted by molar-refractivity contribution is 5.69. The third kappa shape index (κ3) is 4.87. The minimum Gasteiger partial charge on any atom is -0.444 e. The van der Waals surface area contributed by atoms with Crippen LogP contribution < -0.4 is 0 Å². The van der Waals surface area contributed by atoms with Crippen LogP contribution in [0.3, 0.4) is 0 Å². The van der Waals surface area contributed by atoms with E-state index in [0.29, 0.717) is 18.7 Å². The Morgan fingerprint density at radius 2 is 1.71 bits per heavy atom. The molecular weight excluding hydrogens is 323 g/mol. The average Bonchev–Trinajstić information content (AvgIpc) is 2.39. The number of benzene rings is 1. The first kappa shape index (κ1) is 18.6. The van der Waals surface area contributed by atoms with Gasteiger partial charge in [0, 0.05) is 0 Å². The summed E-state index contributed by atoms with van der Waals surface area (Å²) in [6.07, 6.45) is -5.22. The van der Waals surface area contributed by atoms with Crippen molar-refractivity contribution in [3.05, 3.63) is 35.4 Å². The largest absolute Gasteiger partial charge is 0.444 e. The van der Waals surface area contributed by atoms with Gasteiger partial charge >= 0.3 is 12.3 Å². The molecule has 4 nitrogen and oxygen atoms in total. The summed E-state index contributed by atoms with van der Waals surface area (Å²) >= 11 is 0. The van der Waals surface area contributed by atoms with Gasteiger partial charge in [0.1, 0.15) is 5.60 Å². The van der Waals surface area contributed by atoms with Gasteiger partial charge in [-0.1, -0.05) is 12.1 Å². The maximum atomic E-state index is 12.6. The number of rotatable bonds is 3. The van der Waals surface area contributed by atoms with Crippen LogP contribution >= 0.6 is 0 Å².